The number of phenols is 4. The highest BCUT2D eigenvalue weighted by Crippen LogP contribution is 2.41. The van der Waals surface area contributed by atoms with Gasteiger partial charge in [-0.1, -0.05) is 0 Å². The van der Waals surface area contributed by atoms with Gasteiger partial charge in [-0.05, 0) is 32.0 Å². The molecular weight excluding hydrogens is 320 g/mol. The molecule has 126 valence electrons. The molecule has 24 heavy (non-hydrogen) atoms. The first kappa shape index (κ1) is 16.9. The Morgan fingerprint density at radius 3 is 2.08 bits per heavy atom. The van der Waals surface area contributed by atoms with Crippen LogP contribution in [0.4, 0.5) is 0 Å². The summed E-state index contributed by atoms with van der Waals surface area (Å²) in [5.41, 5.74) is -0.0780. The lowest BCUT2D eigenvalue weighted by atomic mass is 10.1. The largest absolute Gasteiger partial charge is 0.504 e. The molecule has 0 aromatic heterocycles. The Morgan fingerprint density at radius 1 is 0.833 bits per heavy atom. The maximum absolute atomic E-state index is 11.4. The molecule has 2 aromatic rings. The number of hydrogen-bond acceptors (Lipinski definition) is 8. The molecule has 4 N–H and O–H groups in total. The van der Waals surface area contributed by atoms with Gasteiger partial charge in [0.1, 0.15) is 0 Å². The van der Waals surface area contributed by atoms with E-state index >= 15 is 0 Å². The molecule has 0 aliphatic heterocycles. The Morgan fingerprint density at radius 2 is 1.50 bits per heavy atom. The molecule has 0 radical (unpaired) electrons. The summed E-state index contributed by atoms with van der Waals surface area (Å²) in [6, 6.07) is 4.44. The van der Waals surface area contributed by atoms with E-state index in [1.165, 1.54) is 19.9 Å². The fourth-order valence-corrected chi connectivity index (χ4v) is 1.87. The van der Waals surface area contributed by atoms with Crippen molar-refractivity contribution in [1.82, 2.24) is 0 Å². The third-order valence-electron chi connectivity index (χ3n) is 3.17. The van der Waals surface area contributed by atoms with E-state index in [4.69, 9.17) is 9.78 Å². The van der Waals surface area contributed by atoms with E-state index in [1.54, 1.807) is 0 Å². The van der Waals surface area contributed by atoms with Crippen LogP contribution in [0.15, 0.2) is 24.3 Å². The van der Waals surface area contributed by atoms with E-state index in [9.17, 15) is 30.0 Å². The number of benzene rings is 2. The molecule has 8 heteroatoms. The second kappa shape index (κ2) is 6.37. The van der Waals surface area contributed by atoms with Gasteiger partial charge in [-0.15, -0.1) is 0 Å². The zero-order chi connectivity index (χ0) is 18.0. The third-order valence-corrected chi connectivity index (χ3v) is 3.17. The molecule has 0 fully saturated rings. The van der Waals surface area contributed by atoms with Gasteiger partial charge in [0.2, 0.25) is 11.5 Å². The van der Waals surface area contributed by atoms with Gasteiger partial charge >= 0.3 is 0 Å². The molecule has 0 aliphatic rings. The number of Topliss-reactive ketones (excluding diaryl/α,β-unsaturated/α-hetero) is 2. The Bertz CT molecular complexity index is 825. The van der Waals surface area contributed by atoms with Crippen molar-refractivity contribution in [3.63, 3.8) is 0 Å². The minimum Gasteiger partial charge on any atom is -0.504 e. The van der Waals surface area contributed by atoms with Gasteiger partial charge in [0, 0.05) is 11.6 Å². The van der Waals surface area contributed by atoms with Crippen molar-refractivity contribution in [3.8, 4) is 34.5 Å². The summed E-state index contributed by atoms with van der Waals surface area (Å²) in [6.45, 7) is 2.45. The standard InChI is InChI=1S/C16H14O8/c1-7(17)9-5-12(20)15(22)13(6-9)23-24-16-11(19)4-3-10(8(2)18)14(16)21/h3-6,19-22H,1-2H3. The molecule has 0 amide bonds. The molecule has 0 saturated carbocycles. The van der Waals surface area contributed by atoms with Crippen LogP contribution in [0.3, 0.4) is 0 Å². The van der Waals surface area contributed by atoms with Crippen LogP contribution in [0.2, 0.25) is 0 Å². The second-order valence-corrected chi connectivity index (χ2v) is 4.93. The van der Waals surface area contributed by atoms with Gasteiger partial charge in [-0.2, -0.15) is 0 Å². The van der Waals surface area contributed by atoms with E-state index in [0.717, 1.165) is 18.2 Å². The van der Waals surface area contributed by atoms with Crippen molar-refractivity contribution in [2.75, 3.05) is 0 Å². The van der Waals surface area contributed by atoms with Crippen molar-refractivity contribution >= 4 is 11.6 Å². The second-order valence-electron chi connectivity index (χ2n) is 4.93. The van der Waals surface area contributed by atoms with Crippen LogP contribution >= 0.6 is 0 Å². The van der Waals surface area contributed by atoms with Crippen molar-refractivity contribution in [1.29, 1.82) is 0 Å². The van der Waals surface area contributed by atoms with Crippen LogP contribution in [-0.4, -0.2) is 32.0 Å². The van der Waals surface area contributed by atoms with Crippen LogP contribution < -0.4 is 9.78 Å². The van der Waals surface area contributed by atoms with Gasteiger partial charge in [0.25, 0.3) is 5.75 Å². The smallest absolute Gasteiger partial charge is 0.262 e. The molecule has 0 bridgehead atoms. The number of carbonyl (C=O) groups excluding carboxylic acids is 2. The van der Waals surface area contributed by atoms with Crippen LogP contribution in [0, 0.1) is 0 Å². The van der Waals surface area contributed by atoms with Crippen molar-refractivity contribution in [2.45, 2.75) is 13.8 Å². The Balaban J connectivity index is 2.37. The van der Waals surface area contributed by atoms with Crippen molar-refractivity contribution in [3.05, 3.63) is 35.4 Å². The molecule has 0 heterocycles. The van der Waals surface area contributed by atoms with Crippen LogP contribution in [0.25, 0.3) is 0 Å². The zero-order valence-corrected chi connectivity index (χ0v) is 12.7. The van der Waals surface area contributed by atoms with Crippen LogP contribution in [-0.2, 0) is 0 Å². The van der Waals surface area contributed by atoms with Gasteiger partial charge in [-0.25, -0.2) is 0 Å². The Kier molecular flexibility index (Phi) is 4.50. The summed E-state index contributed by atoms with van der Waals surface area (Å²) in [4.78, 5) is 32.3. The van der Waals surface area contributed by atoms with Crippen LogP contribution in [0.5, 0.6) is 34.5 Å². The minimum atomic E-state index is -0.707. The quantitative estimate of drug-likeness (QED) is 0.283. The van der Waals surface area contributed by atoms with Crippen molar-refractivity contribution < 1.29 is 39.8 Å². The van der Waals surface area contributed by atoms with Gasteiger partial charge in [0.15, 0.2) is 28.8 Å². The third kappa shape index (κ3) is 3.17. The summed E-state index contributed by atoms with van der Waals surface area (Å²) in [7, 11) is 0. The molecule has 2 aromatic carbocycles. The van der Waals surface area contributed by atoms with E-state index in [1.807, 2.05) is 0 Å². The first-order valence-electron chi connectivity index (χ1n) is 6.69. The predicted octanol–water partition coefficient (Wildman–Crippen LogP) is 2.29. The lowest BCUT2D eigenvalue weighted by Crippen LogP contribution is -2.04. The molecule has 0 atom stereocenters. The first-order valence-corrected chi connectivity index (χ1v) is 6.69. The lowest BCUT2D eigenvalue weighted by Gasteiger charge is -2.12. The van der Waals surface area contributed by atoms with Crippen molar-refractivity contribution in [2.24, 2.45) is 0 Å². The molecule has 0 spiro atoms. The summed E-state index contributed by atoms with van der Waals surface area (Å²) in [5, 5.41) is 38.9. The molecule has 8 nitrogen and oxygen atoms in total. The Labute approximate surface area is 136 Å². The molecule has 0 unspecified atom stereocenters. The lowest BCUT2D eigenvalue weighted by molar-refractivity contribution is -0.105. The van der Waals surface area contributed by atoms with E-state index in [-0.39, 0.29) is 11.1 Å². The van der Waals surface area contributed by atoms with E-state index in [2.05, 4.69) is 0 Å². The highest BCUT2D eigenvalue weighted by molar-refractivity contribution is 5.98. The topological polar surface area (TPSA) is 134 Å². The monoisotopic (exact) mass is 334 g/mol. The summed E-state index contributed by atoms with van der Waals surface area (Å²) >= 11 is 0. The van der Waals surface area contributed by atoms with Gasteiger partial charge in [-0.3, -0.25) is 19.4 Å². The molecule has 0 aliphatic carbocycles. The highest BCUT2D eigenvalue weighted by atomic mass is 17.2. The predicted molar refractivity (Wildman–Crippen MR) is 80.8 cm³/mol. The molecule has 2 rings (SSSR count). The zero-order valence-electron chi connectivity index (χ0n) is 12.7. The number of aromatic hydroxyl groups is 4. The molecular formula is C16H14O8. The normalized spacial score (nSPS) is 10.2. The van der Waals surface area contributed by atoms with E-state index in [0.29, 0.717) is 0 Å². The average molecular weight is 334 g/mol. The van der Waals surface area contributed by atoms with E-state index < -0.39 is 46.1 Å². The summed E-state index contributed by atoms with van der Waals surface area (Å²) < 4.78 is 0. The number of carbonyl (C=O) groups is 2. The fraction of sp³-hybridized carbons (Fsp3) is 0.125. The number of hydrogen-bond donors (Lipinski definition) is 4. The maximum Gasteiger partial charge on any atom is 0.262 e. The average Bonchev–Trinajstić information content (AvgIpc) is 2.50. The Hall–Kier alpha value is -3.42. The highest BCUT2D eigenvalue weighted by Gasteiger charge is 2.20. The summed E-state index contributed by atoms with van der Waals surface area (Å²) in [6.07, 6.45) is 0. The number of phenolic OH excluding ortho intramolecular Hbond substituents is 4. The number of ketones is 2. The number of rotatable bonds is 5. The first-order chi connectivity index (χ1) is 11.2. The van der Waals surface area contributed by atoms with Gasteiger partial charge < -0.3 is 20.4 Å². The molecule has 0 saturated heterocycles. The van der Waals surface area contributed by atoms with Gasteiger partial charge in [0.05, 0.1) is 5.56 Å². The fourth-order valence-electron chi connectivity index (χ4n) is 1.87. The van der Waals surface area contributed by atoms with Crippen LogP contribution in [0.1, 0.15) is 34.6 Å². The summed E-state index contributed by atoms with van der Waals surface area (Å²) in [5.74, 6) is -4.37. The maximum atomic E-state index is 11.4. The minimum absolute atomic E-state index is 0.0369. The SMILES string of the molecule is CC(=O)c1cc(O)c(O)c(OOc2c(O)ccc(C(C)=O)c2O)c1.